The van der Waals surface area contributed by atoms with E-state index in [2.05, 4.69) is 9.97 Å². The van der Waals surface area contributed by atoms with E-state index in [0.717, 1.165) is 5.56 Å². The first-order chi connectivity index (χ1) is 13.0. The Labute approximate surface area is 158 Å². The summed E-state index contributed by atoms with van der Waals surface area (Å²) in [6.07, 6.45) is 1.57. The van der Waals surface area contributed by atoms with Gasteiger partial charge in [-0.3, -0.25) is 10.1 Å². The van der Waals surface area contributed by atoms with Gasteiger partial charge in [0.1, 0.15) is 11.3 Å². The van der Waals surface area contributed by atoms with E-state index in [1.165, 1.54) is 12.1 Å². The number of imidazole rings is 1. The number of aromatic hydroxyl groups is 1. The van der Waals surface area contributed by atoms with Crippen molar-refractivity contribution in [3.8, 4) is 17.0 Å². The van der Waals surface area contributed by atoms with Crippen LogP contribution < -0.4 is 0 Å². The number of phenolic OH excluding ortho intramolecular Hbond substituents is 1. The lowest BCUT2D eigenvalue weighted by Gasteiger charge is -2.08. The lowest BCUT2D eigenvalue weighted by Crippen LogP contribution is -2.02. The van der Waals surface area contributed by atoms with E-state index in [-0.39, 0.29) is 22.7 Å². The van der Waals surface area contributed by atoms with Gasteiger partial charge >= 0.3 is 0 Å². The van der Waals surface area contributed by atoms with Gasteiger partial charge in [-0.05, 0) is 23.8 Å². The number of fused-ring (bicyclic) bond motifs is 1. The Hall–Kier alpha value is -3.45. The molecule has 0 aliphatic carbocycles. The number of rotatable bonds is 4. The van der Waals surface area contributed by atoms with Crippen LogP contribution in [-0.2, 0) is 6.54 Å². The summed E-state index contributed by atoms with van der Waals surface area (Å²) < 4.78 is 1.77. The average molecular weight is 381 g/mol. The smallest absolute Gasteiger partial charge is 0.297 e. The number of hydrogen-bond acceptors (Lipinski definition) is 5. The molecular weight excluding hydrogens is 368 g/mol. The fourth-order valence-electron chi connectivity index (χ4n) is 2.91. The summed E-state index contributed by atoms with van der Waals surface area (Å²) in [6.45, 7) is 0.418. The third-order valence-electron chi connectivity index (χ3n) is 4.23. The summed E-state index contributed by atoms with van der Waals surface area (Å²) >= 11 is 6.23. The van der Waals surface area contributed by atoms with Crippen molar-refractivity contribution >= 4 is 28.5 Å². The van der Waals surface area contributed by atoms with Crippen molar-refractivity contribution in [3.05, 3.63) is 81.6 Å². The van der Waals surface area contributed by atoms with Crippen LogP contribution in [0.3, 0.4) is 0 Å². The van der Waals surface area contributed by atoms with E-state index < -0.39 is 4.92 Å². The van der Waals surface area contributed by atoms with Crippen molar-refractivity contribution in [2.75, 3.05) is 0 Å². The third kappa shape index (κ3) is 3.09. The van der Waals surface area contributed by atoms with Gasteiger partial charge in [-0.25, -0.2) is 9.97 Å². The number of aromatic nitrogens is 3. The highest BCUT2D eigenvalue weighted by atomic mass is 35.5. The lowest BCUT2D eigenvalue weighted by atomic mass is 10.1. The molecule has 0 saturated carbocycles. The normalized spacial score (nSPS) is 11.0. The molecule has 0 saturated heterocycles. The van der Waals surface area contributed by atoms with Crippen LogP contribution in [0.15, 0.2) is 60.9 Å². The first-order valence-electron chi connectivity index (χ1n) is 8.06. The molecule has 0 aliphatic rings. The zero-order valence-corrected chi connectivity index (χ0v) is 14.7. The predicted octanol–water partition coefficient (Wildman–Crippen LogP) is 4.41. The van der Waals surface area contributed by atoms with Crippen molar-refractivity contribution in [2.24, 2.45) is 0 Å². The largest absolute Gasteiger partial charge is 0.507 e. The van der Waals surface area contributed by atoms with Crippen molar-refractivity contribution < 1.29 is 10.0 Å². The summed E-state index contributed by atoms with van der Waals surface area (Å²) in [5.74, 6) is -0.0791. The Morgan fingerprint density at radius 3 is 2.63 bits per heavy atom. The van der Waals surface area contributed by atoms with E-state index in [9.17, 15) is 15.2 Å². The number of benzene rings is 2. The van der Waals surface area contributed by atoms with Crippen LogP contribution in [-0.4, -0.2) is 24.6 Å². The molecule has 134 valence electrons. The lowest BCUT2D eigenvalue weighted by molar-refractivity contribution is -0.384. The molecule has 0 aliphatic heterocycles. The molecule has 0 amide bonds. The van der Waals surface area contributed by atoms with E-state index in [0.29, 0.717) is 22.7 Å². The Morgan fingerprint density at radius 1 is 1.15 bits per heavy atom. The molecule has 0 atom stereocenters. The third-order valence-corrected chi connectivity index (χ3v) is 4.59. The maximum atomic E-state index is 11.5. The SMILES string of the molecule is O=[N+]([O-])c1cc2ncn(Cc3ccccc3Cl)c2nc1-c1ccccc1O. The summed E-state index contributed by atoms with van der Waals surface area (Å²) in [7, 11) is 0. The highest BCUT2D eigenvalue weighted by Crippen LogP contribution is 2.35. The van der Waals surface area contributed by atoms with Gasteiger partial charge in [0, 0.05) is 16.7 Å². The van der Waals surface area contributed by atoms with Crippen LogP contribution in [0.2, 0.25) is 5.02 Å². The minimum absolute atomic E-state index is 0.0791. The van der Waals surface area contributed by atoms with E-state index in [1.807, 2.05) is 18.2 Å². The van der Waals surface area contributed by atoms with Gasteiger partial charge in [0.2, 0.25) is 0 Å². The number of hydrogen-bond donors (Lipinski definition) is 1. The molecule has 0 spiro atoms. The monoisotopic (exact) mass is 380 g/mol. The fraction of sp³-hybridized carbons (Fsp3) is 0.0526. The second kappa shape index (κ2) is 6.69. The first kappa shape index (κ1) is 17.0. The Balaban J connectivity index is 1.90. The van der Waals surface area contributed by atoms with Crippen molar-refractivity contribution in [1.82, 2.24) is 14.5 Å². The second-order valence-corrected chi connectivity index (χ2v) is 6.34. The van der Waals surface area contributed by atoms with Gasteiger partial charge in [-0.2, -0.15) is 0 Å². The summed E-state index contributed by atoms with van der Waals surface area (Å²) in [5.41, 5.74) is 1.91. The first-order valence-corrected chi connectivity index (χ1v) is 8.44. The van der Waals surface area contributed by atoms with Gasteiger partial charge in [0.05, 0.1) is 17.8 Å². The van der Waals surface area contributed by atoms with Crippen LogP contribution in [0.4, 0.5) is 5.69 Å². The standard InChI is InChI=1S/C19H13ClN4O3/c20-14-7-3-1-5-12(14)10-23-11-21-15-9-16(24(26)27)18(22-19(15)23)13-6-2-4-8-17(13)25/h1-9,11,25H,10H2. The molecule has 0 bridgehead atoms. The zero-order valence-electron chi connectivity index (χ0n) is 13.9. The van der Waals surface area contributed by atoms with Crippen LogP contribution in [0.25, 0.3) is 22.4 Å². The quantitative estimate of drug-likeness (QED) is 0.418. The second-order valence-electron chi connectivity index (χ2n) is 5.94. The highest BCUT2D eigenvalue weighted by Gasteiger charge is 2.22. The number of para-hydroxylation sites is 1. The fourth-order valence-corrected chi connectivity index (χ4v) is 3.11. The molecule has 2 heterocycles. The Kier molecular flexibility index (Phi) is 4.21. The van der Waals surface area contributed by atoms with Gasteiger partial charge < -0.3 is 9.67 Å². The summed E-state index contributed by atoms with van der Waals surface area (Å²) in [6, 6.07) is 15.2. The number of pyridine rings is 1. The van der Waals surface area contributed by atoms with Crippen LogP contribution in [0.1, 0.15) is 5.56 Å². The summed E-state index contributed by atoms with van der Waals surface area (Å²) in [4.78, 5) is 19.7. The molecule has 4 aromatic rings. The van der Waals surface area contributed by atoms with E-state index >= 15 is 0 Å². The molecule has 8 heteroatoms. The number of phenols is 1. The highest BCUT2D eigenvalue weighted by molar-refractivity contribution is 6.31. The average Bonchev–Trinajstić information content (AvgIpc) is 3.05. The van der Waals surface area contributed by atoms with E-state index in [1.54, 1.807) is 35.2 Å². The topological polar surface area (TPSA) is 94.1 Å². The molecule has 1 N–H and O–H groups in total. The van der Waals surface area contributed by atoms with Gasteiger partial charge in [-0.1, -0.05) is 41.9 Å². The number of nitro groups is 1. The van der Waals surface area contributed by atoms with Crippen LogP contribution >= 0.6 is 11.6 Å². The minimum atomic E-state index is -0.526. The maximum Gasteiger partial charge on any atom is 0.297 e. The molecule has 0 radical (unpaired) electrons. The minimum Gasteiger partial charge on any atom is -0.507 e. The molecular formula is C19H13ClN4O3. The molecule has 2 aromatic heterocycles. The molecule has 27 heavy (non-hydrogen) atoms. The van der Waals surface area contributed by atoms with Crippen LogP contribution in [0.5, 0.6) is 5.75 Å². The summed E-state index contributed by atoms with van der Waals surface area (Å²) in [5, 5.41) is 22.3. The predicted molar refractivity (Wildman–Crippen MR) is 102 cm³/mol. The maximum absolute atomic E-state index is 11.5. The Bertz CT molecular complexity index is 1170. The Morgan fingerprint density at radius 2 is 1.89 bits per heavy atom. The molecule has 0 unspecified atom stereocenters. The molecule has 2 aromatic carbocycles. The molecule has 4 rings (SSSR count). The molecule has 0 fully saturated rings. The molecule has 7 nitrogen and oxygen atoms in total. The van der Waals surface area contributed by atoms with E-state index in [4.69, 9.17) is 11.6 Å². The van der Waals surface area contributed by atoms with Crippen LogP contribution in [0, 0.1) is 10.1 Å². The number of halogens is 1. The van der Waals surface area contributed by atoms with Crippen molar-refractivity contribution in [2.45, 2.75) is 6.54 Å². The van der Waals surface area contributed by atoms with Gasteiger partial charge in [-0.15, -0.1) is 0 Å². The van der Waals surface area contributed by atoms with Gasteiger partial charge in [0.15, 0.2) is 11.3 Å². The zero-order chi connectivity index (χ0) is 19.0. The van der Waals surface area contributed by atoms with Gasteiger partial charge in [0.25, 0.3) is 5.69 Å². The number of nitrogens with zero attached hydrogens (tertiary/aromatic N) is 4. The van der Waals surface area contributed by atoms with Crippen molar-refractivity contribution in [3.63, 3.8) is 0 Å². The van der Waals surface area contributed by atoms with Crippen molar-refractivity contribution in [1.29, 1.82) is 0 Å².